The lowest BCUT2D eigenvalue weighted by Gasteiger charge is -2.23. The van der Waals surface area contributed by atoms with Gasteiger partial charge in [-0.3, -0.25) is 4.90 Å². The largest absolute Gasteiger partial charge is 0.393 e. The standard InChI is InChI=1S/C15H25N3O3/c19-11-15(20)6-3-8-18(9-7-15)10-13-16-14(21-17-13)12-4-1-2-5-12/h12,19-20H,1-11H2. The number of aliphatic hydroxyl groups excluding tert-OH is 1. The normalized spacial score (nSPS) is 28.9. The Kier molecular flexibility index (Phi) is 4.57. The van der Waals surface area contributed by atoms with E-state index in [4.69, 9.17) is 4.52 Å². The van der Waals surface area contributed by atoms with Crippen molar-refractivity contribution in [3.63, 3.8) is 0 Å². The first-order chi connectivity index (χ1) is 10.2. The molecule has 0 bridgehead atoms. The molecule has 3 rings (SSSR count). The van der Waals surface area contributed by atoms with E-state index in [1.807, 2.05) is 0 Å². The van der Waals surface area contributed by atoms with Crippen LogP contribution in [0.1, 0.15) is 62.6 Å². The minimum Gasteiger partial charge on any atom is -0.393 e. The maximum atomic E-state index is 10.2. The van der Waals surface area contributed by atoms with Crippen molar-refractivity contribution in [1.29, 1.82) is 0 Å². The second-order valence-corrected chi connectivity index (χ2v) is 6.54. The summed E-state index contributed by atoms with van der Waals surface area (Å²) in [6, 6.07) is 0. The molecule has 0 spiro atoms. The zero-order chi connectivity index (χ0) is 14.7. The molecule has 1 aromatic rings. The summed E-state index contributed by atoms with van der Waals surface area (Å²) in [6.45, 7) is 2.16. The van der Waals surface area contributed by atoms with Crippen molar-refractivity contribution in [3.8, 4) is 0 Å². The van der Waals surface area contributed by atoms with Gasteiger partial charge in [0.2, 0.25) is 5.89 Å². The number of likely N-dealkylation sites (tertiary alicyclic amines) is 1. The Hall–Kier alpha value is -0.980. The maximum absolute atomic E-state index is 10.2. The van der Waals surface area contributed by atoms with Gasteiger partial charge in [0.1, 0.15) is 0 Å². The van der Waals surface area contributed by atoms with E-state index in [9.17, 15) is 10.2 Å². The van der Waals surface area contributed by atoms with Gasteiger partial charge in [0, 0.05) is 12.5 Å². The third-order valence-corrected chi connectivity index (χ3v) is 4.86. The summed E-state index contributed by atoms with van der Waals surface area (Å²) >= 11 is 0. The zero-order valence-electron chi connectivity index (χ0n) is 12.5. The first-order valence-electron chi connectivity index (χ1n) is 8.07. The summed E-state index contributed by atoms with van der Waals surface area (Å²) in [7, 11) is 0. The third kappa shape index (κ3) is 3.62. The fourth-order valence-corrected chi connectivity index (χ4v) is 3.42. The Morgan fingerprint density at radius 2 is 2.00 bits per heavy atom. The summed E-state index contributed by atoms with van der Waals surface area (Å²) in [4.78, 5) is 6.78. The summed E-state index contributed by atoms with van der Waals surface area (Å²) in [5, 5.41) is 23.5. The average Bonchev–Trinajstić information content (AvgIpc) is 3.12. The molecule has 1 atom stereocenters. The molecule has 1 unspecified atom stereocenters. The Morgan fingerprint density at radius 1 is 1.19 bits per heavy atom. The predicted octanol–water partition coefficient (Wildman–Crippen LogP) is 1.44. The Labute approximate surface area is 125 Å². The summed E-state index contributed by atoms with van der Waals surface area (Å²) in [6.07, 6.45) is 6.97. The molecule has 118 valence electrons. The van der Waals surface area contributed by atoms with Crippen LogP contribution in [0.2, 0.25) is 0 Å². The van der Waals surface area contributed by atoms with Crippen molar-refractivity contribution in [2.45, 2.75) is 63.0 Å². The summed E-state index contributed by atoms with van der Waals surface area (Å²) < 4.78 is 5.41. The highest BCUT2D eigenvalue weighted by atomic mass is 16.5. The fourth-order valence-electron chi connectivity index (χ4n) is 3.42. The number of hydrogen-bond donors (Lipinski definition) is 2. The van der Waals surface area contributed by atoms with Crippen LogP contribution < -0.4 is 0 Å². The van der Waals surface area contributed by atoms with E-state index in [-0.39, 0.29) is 6.61 Å². The fraction of sp³-hybridized carbons (Fsp3) is 0.867. The van der Waals surface area contributed by atoms with Crippen molar-refractivity contribution in [2.24, 2.45) is 0 Å². The highest BCUT2D eigenvalue weighted by molar-refractivity contribution is 4.96. The highest BCUT2D eigenvalue weighted by Crippen LogP contribution is 2.33. The molecular formula is C15H25N3O3. The van der Waals surface area contributed by atoms with Crippen LogP contribution in [-0.4, -0.2) is 50.6 Å². The number of rotatable bonds is 4. The Balaban J connectivity index is 1.56. The zero-order valence-corrected chi connectivity index (χ0v) is 12.5. The lowest BCUT2D eigenvalue weighted by Crippen LogP contribution is -2.34. The SMILES string of the molecule is OCC1(O)CCCN(Cc2noc(C3CCCC3)n2)CC1. The minimum atomic E-state index is -0.916. The van der Waals surface area contributed by atoms with E-state index in [1.54, 1.807) is 0 Å². The van der Waals surface area contributed by atoms with Gasteiger partial charge < -0.3 is 14.7 Å². The van der Waals surface area contributed by atoms with Crippen molar-refractivity contribution >= 4 is 0 Å². The van der Waals surface area contributed by atoms with Crippen LogP contribution in [-0.2, 0) is 6.54 Å². The maximum Gasteiger partial charge on any atom is 0.229 e. The van der Waals surface area contributed by atoms with Gasteiger partial charge in [-0.1, -0.05) is 18.0 Å². The predicted molar refractivity (Wildman–Crippen MR) is 76.7 cm³/mol. The molecule has 6 heteroatoms. The molecule has 2 heterocycles. The van der Waals surface area contributed by atoms with Crippen LogP contribution in [0.3, 0.4) is 0 Å². The third-order valence-electron chi connectivity index (χ3n) is 4.86. The van der Waals surface area contributed by atoms with E-state index >= 15 is 0 Å². The molecule has 0 amide bonds. The van der Waals surface area contributed by atoms with Crippen LogP contribution in [0.4, 0.5) is 0 Å². The number of aromatic nitrogens is 2. The molecule has 1 saturated heterocycles. The highest BCUT2D eigenvalue weighted by Gasteiger charge is 2.30. The molecule has 2 fully saturated rings. The van der Waals surface area contributed by atoms with Gasteiger partial charge >= 0.3 is 0 Å². The van der Waals surface area contributed by atoms with E-state index in [0.717, 1.165) is 44.1 Å². The van der Waals surface area contributed by atoms with Crippen LogP contribution in [0.25, 0.3) is 0 Å². The van der Waals surface area contributed by atoms with Crippen LogP contribution in [0.5, 0.6) is 0 Å². The monoisotopic (exact) mass is 295 g/mol. The quantitative estimate of drug-likeness (QED) is 0.874. The van der Waals surface area contributed by atoms with Crippen LogP contribution >= 0.6 is 0 Å². The molecule has 1 aromatic heterocycles. The first-order valence-corrected chi connectivity index (χ1v) is 8.07. The van der Waals surface area contributed by atoms with E-state index in [0.29, 0.717) is 25.3 Å². The number of aliphatic hydroxyl groups is 2. The van der Waals surface area contributed by atoms with Gasteiger partial charge in [0.15, 0.2) is 5.82 Å². The van der Waals surface area contributed by atoms with Crippen molar-refractivity contribution in [1.82, 2.24) is 15.0 Å². The molecule has 6 nitrogen and oxygen atoms in total. The molecule has 1 aliphatic heterocycles. The molecule has 1 saturated carbocycles. The molecule has 0 aromatic carbocycles. The van der Waals surface area contributed by atoms with Crippen molar-refractivity contribution in [2.75, 3.05) is 19.7 Å². The summed E-state index contributed by atoms with van der Waals surface area (Å²) in [5.74, 6) is 1.99. The van der Waals surface area contributed by atoms with Gasteiger partial charge in [0.25, 0.3) is 0 Å². The minimum absolute atomic E-state index is 0.158. The van der Waals surface area contributed by atoms with Gasteiger partial charge in [0.05, 0.1) is 18.8 Å². The van der Waals surface area contributed by atoms with E-state index in [1.165, 1.54) is 12.8 Å². The van der Waals surface area contributed by atoms with Crippen LogP contribution in [0, 0.1) is 0 Å². The molecular weight excluding hydrogens is 270 g/mol. The van der Waals surface area contributed by atoms with Gasteiger partial charge in [-0.05, 0) is 38.6 Å². The molecule has 0 radical (unpaired) electrons. The lowest BCUT2D eigenvalue weighted by molar-refractivity contribution is -0.0255. The van der Waals surface area contributed by atoms with Crippen LogP contribution in [0.15, 0.2) is 4.52 Å². The van der Waals surface area contributed by atoms with Gasteiger partial charge in [-0.25, -0.2) is 0 Å². The molecule has 2 N–H and O–H groups in total. The van der Waals surface area contributed by atoms with E-state index < -0.39 is 5.60 Å². The molecule has 2 aliphatic rings. The Morgan fingerprint density at radius 3 is 2.76 bits per heavy atom. The van der Waals surface area contributed by atoms with Crippen molar-refractivity contribution in [3.05, 3.63) is 11.7 Å². The second kappa shape index (κ2) is 6.42. The lowest BCUT2D eigenvalue weighted by atomic mass is 9.96. The molecule has 1 aliphatic carbocycles. The van der Waals surface area contributed by atoms with Crippen molar-refractivity contribution < 1.29 is 14.7 Å². The second-order valence-electron chi connectivity index (χ2n) is 6.54. The van der Waals surface area contributed by atoms with Gasteiger partial charge in [-0.2, -0.15) is 4.98 Å². The summed E-state index contributed by atoms with van der Waals surface area (Å²) in [5.41, 5.74) is -0.916. The Bertz CT molecular complexity index is 459. The number of hydrogen-bond acceptors (Lipinski definition) is 6. The topological polar surface area (TPSA) is 82.6 Å². The first kappa shape index (κ1) is 14.9. The smallest absolute Gasteiger partial charge is 0.229 e. The van der Waals surface area contributed by atoms with E-state index in [2.05, 4.69) is 15.0 Å². The number of nitrogens with zero attached hydrogens (tertiary/aromatic N) is 3. The van der Waals surface area contributed by atoms with Gasteiger partial charge in [-0.15, -0.1) is 0 Å². The molecule has 21 heavy (non-hydrogen) atoms. The average molecular weight is 295 g/mol.